The van der Waals surface area contributed by atoms with Gasteiger partial charge in [-0.1, -0.05) is 164 Å². The normalized spacial score (nSPS) is 11.7. The van der Waals surface area contributed by atoms with E-state index in [9.17, 15) is 0 Å². The summed E-state index contributed by atoms with van der Waals surface area (Å²) in [5.74, 6) is 0. The van der Waals surface area contributed by atoms with Crippen LogP contribution >= 0.6 is 0 Å². The van der Waals surface area contributed by atoms with E-state index in [0.29, 0.717) is 0 Å². The van der Waals surface area contributed by atoms with Gasteiger partial charge in [-0.05, 0) is 89.5 Å². The van der Waals surface area contributed by atoms with Gasteiger partial charge < -0.3 is 4.42 Å². The van der Waals surface area contributed by atoms with Crippen molar-refractivity contribution in [3.05, 3.63) is 182 Å². The summed E-state index contributed by atoms with van der Waals surface area (Å²) in [6.45, 7) is 0. The summed E-state index contributed by atoms with van der Waals surface area (Å²) < 4.78 is 6.39. The molecule has 0 atom stereocenters. The van der Waals surface area contributed by atoms with E-state index in [4.69, 9.17) is 4.42 Å². The Morgan fingerprint density at radius 1 is 0.245 bits per heavy atom. The van der Waals surface area contributed by atoms with Gasteiger partial charge in [0.15, 0.2) is 0 Å². The molecule has 0 saturated heterocycles. The largest absolute Gasteiger partial charge is 0.456 e. The van der Waals surface area contributed by atoms with Gasteiger partial charge in [-0.25, -0.2) is 0 Å². The standard InChI is InChI=1S/C48H30O/c1-3-15-31(16-4-1)45-36-21-9-11-23-38(36)47(39-24-12-10-22-37(39)45)41-28-27-35(33-19-7-8-20-34(33)41)40-29-30-44-48(42-25-13-14-26-43(42)49-44)46(40)32-17-5-2-6-18-32/h1-30H. The maximum absolute atomic E-state index is 6.39. The van der Waals surface area contributed by atoms with E-state index in [0.717, 1.165) is 21.9 Å². The predicted octanol–water partition coefficient (Wildman–Crippen LogP) is 13.7. The van der Waals surface area contributed by atoms with Gasteiger partial charge in [-0.15, -0.1) is 0 Å². The lowest BCUT2D eigenvalue weighted by Crippen LogP contribution is -1.93. The zero-order valence-electron chi connectivity index (χ0n) is 26.7. The second-order valence-corrected chi connectivity index (χ2v) is 12.7. The van der Waals surface area contributed by atoms with Crippen LogP contribution in [-0.2, 0) is 0 Å². The lowest BCUT2D eigenvalue weighted by atomic mass is 9.83. The third kappa shape index (κ3) is 4.26. The number of furan rings is 1. The van der Waals surface area contributed by atoms with E-state index >= 15 is 0 Å². The first-order chi connectivity index (χ1) is 24.3. The van der Waals surface area contributed by atoms with Gasteiger partial charge in [0.25, 0.3) is 0 Å². The van der Waals surface area contributed by atoms with Crippen LogP contribution in [0.5, 0.6) is 0 Å². The molecule has 1 heterocycles. The second kappa shape index (κ2) is 11.1. The van der Waals surface area contributed by atoms with Crippen molar-refractivity contribution in [1.29, 1.82) is 0 Å². The summed E-state index contributed by atoms with van der Waals surface area (Å²) in [7, 11) is 0. The zero-order chi connectivity index (χ0) is 32.3. The van der Waals surface area contributed by atoms with Crippen LogP contribution < -0.4 is 0 Å². The Hall–Kier alpha value is -6.44. The number of hydrogen-bond acceptors (Lipinski definition) is 1. The number of hydrogen-bond donors (Lipinski definition) is 0. The van der Waals surface area contributed by atoms with E-state index in [1.807, 2.05) is 6.07 Å². The number of fused-ring (bicyclic) bond motifs is 6. The molecular formula is C48H30O. The summed E-state index contributed by atoms with van der Waals surface area (Å²) in [6, 6.07) is 65.7. The molecule has 1 nitrogen and oxygen atoms in total. The third-order valence-corrected chi connectivity index (χ3v) is 10.1. The average Bonchev–Trinajstić information content (AvgIpc) is 3.56. The Morgan fingerprint density at radius 3 is 1.29 bits per heavy atom. The molecule has 1 aromatic heterocycles. The monoisotopic (exact) mass is 622 g/mol. The lowest BCUT2D eigenvalue weighted by Gasteiger charge is -2.20. The molecule has 0 spiro atoms. The van der Waals surface area contributed by atoms with E-state index in [2.05, 4.69) is 176 Å². The van der Waals surface area contributed by atoms with Crippen molar-refractivity contribution < 1.29 is 4.42 Å². The van der Waals surface area contributed by atoms with Crippen molar-refractivity contribution in [2.75, 3.05) is 0 Å². The van der Waals surface area contributed by atoms with Gasteiger partial charge >= 0.3 is 0 Å². The second-order valence-electron chi connectivity index (χ2n) is 12.7. The highest BCUT2D eigenvalue weighted by Crippen LogP contribution is 2.48. The van der Waals surface area contributed by atoms with Gasteiger partial charge in [0.05, 0.1) is 0 Å². The fraction of sp³-hybridized carbons (Fsp3) is 0. The van der Waals surface area contributed by atoms with Crippen molar-refractivity contribution in [3.8, 4) is 44.5 Å². The molecule has 228 valence electrons. The first-order valence-corrected chi connectivity index (χ1v) is 16.9. The van der Waals surface area contributed by atoms with Gasteiger partial charge in [-0.2, -0.15) is 0 Å². The van der Waals surface area contributed by atoms with E-state index in [1.165, 1.54) is 76.8 Å². The van der Waals surface area contributed by atoms with Crippen LogP contribution in [0.15, 0.2) is 186 Å². The van der Waals surface area contributed by atoms with Crippen molar-refractivity contribution in [2.24, 2.45) is 0 Å². The van der Waals surface area contributed by atoms with Crippen LogP contribution in [0.4, 0.5) is 0 Å². The maximum Gasteiger partial charge on any atom is 0.136 e. The Bertz CT molecular complexity index is 2800. The number of rotatable bonds is 4. The van der Waals surface area contributed by atoms with Gasteiger partial charge in [-0.3, -0.25) is 0 Å². The van der Waals surface area contributed by atoms with Crippen LogP contribution in [0, 0.1) is 0 Å². The Kier molecular flexibility index (Phi) is 6.25. The highest BCUT2D eigenvalue weighted by atomic mass is 16.3. The van der Waals surface area contributed by atoms with Crippen molar-refractivity contribution in [2.45, 2.75) is 0 Å². The van der Waals surface area contributed by atoms with Gasteiger partial charge in [0, 0.05) is 16.3 Å². The molecule has 1 heteroatoms. The summed E-state index contributed by atoms with van der Waals surface area (Å²) >= 11 is 0. The molecule has 10 aromatic rings. The smallest absolute Gasteiger partial charge is 0.136 e. The van der Waals surface area contributed by atoms with Crippen LogP contribution in [0.25, 0.3) is 98.8 Å². The Labute approximate surface area is 284 Å². The van der Waals surface area contributed by atoms with E-state index < -0.39 is 0 Å². The van der Waals surface area contributed by atoms with Crippen LogP contribution in [0.1, 0.15) is 0 Å². The SMILES string of the molecule is c1ccc(-c2c3ccccc3c(-c3ccc(-c4ccc5oc6ccccc6c5c4-c4ccccc4)c4ccccc34)c3ccccc23)cc1. The molecule has 10 rings (SSSR count). The highest BCUT2D eigenvalue weighted by molar-refractivity contribution is 6.25. The third-order valence-electron chi connectivity index (χ3n) is 10.1. The topological polar surface area (TPSA) is 13.1 Å². The molecular weight excluding hydrogens is 593 g/mol. The quantitative estimate of drug-likeness (QED) is 0.178. The fourth-order valence-corrected chi connectivity index (χ4v) is 8.03. The van der Waals surface area contributed by atoms with Crippen molar-refractivity contribution in [3.63, 3.8) is 0 Å². The highest BCUT2D eigenvalue weighted by Gasteiger charge is 2.22. The van der Waals surface area contributed by atoms with Crippen LogP contribution in [0.3, 0.4) is 0 Å². The first kappa shape index (κ1) is 27.7. The summed E-state index contributed by atoms with van der Waals surface area (Å²) in [6.07, 6.45) is 0. The number of para-hydroxylation sites is 1. The number of benzene rings is 9. The fourth-order valence-electron chi connectivity index (χ4n) is 8.03. The molecule has 0 bridgehead atoms. The molecule has 0 aliphatic carbocycles. The molecule has 0 saturated carbocycles. The zero-order valence-corrected chi connectivity index (χ0v) is 26.7. The molecule has 0 N–H and O–H groups in total. The molecule has 9 aromatic carbocycles. The summed E-state index contributed by atoms with van der Waals surface area (Å²) in [4.78, 5) is 0. The van der Waals surface area contributed by atoms with Crippen LogP contribution in [-0.4, -0.2) is 0 Å². The van der Waals surface area contributed by atoms with E-state index in [-0.39, 0.29) is 0 Å². The Balaban J connectivity index is 1.30. The lowest BCUT2D eigenvalue weighted by molar-refractivity contribution is 0.669. The van der Waals surface area contributed by atoms with Gasteiger partial charge in [0.1, 0.15) is 11.2 Å². The molecule has 0 unspecified atom stereocenters. The molecule has 49 heavy (non-hydrogen) atoms. The molecule has 0 fully saturated rings. The Morgan fingerprint density at radius 2 is 0.673 bits per heavy atom. The van der Waals surface area contributed by atoms with Crippen molar-refractivity contribution >= 4 is 54.3 Å². The molecule has 0 amide bonds. The van der Waals surface area contributed by atoms with Gasteiger partial charge in [0.2, 0.25) is 0 Å². The van der Waals surface area contributed by atoms with E-state index in [1.54, 1.807) is 0 Å². The predicted molar refractivity (Wildman–Crippen MR) is 208 cm³/mol. The molecule has 0 aliphatic rings. The summed E-state index contributed by atoms with van der Waals surface area (Å²) in [5.41, 5.74) is 11.6. The minimum atomic E-state index is 0.904. The average molecular weight is 623 g/mol. The first-order valence-electron chi connectivity index (χ1n) is 16.9. The maximum atomic E-state index is 6.39. The minimum absolute atomic E-state index is 0.904. The summed E-state index contributed by atoms with van der Waals surface area (Å²) in [5, 5.41) is 9.79. The van der Waals surface area contributed by atoms with Crippen molar-refractivity contribution in [1.82, 2.24) is 0 Å². The molecule has 0 aliphatic heterocycles. The van der Waals surface area contributed by atoms with Crippen LogP contribution in [0.2, 0.25) is 0 Å². The minimum Gasteiger partial charge on any atom is -0.456 e. The molecule has 0 radical (unpaired) electrons.